The smallest absolute Gasteiger partial charge is 0.100 e. The fourth-order valence-electron chi connectivity index (χ4n) is 1.58. The van der Waals surface area contributed by atoms with E-state index < -0.39 is 11.0 Å². The van der Waals surface area contributed by atoms with E-state index >= 15 is 0 Å². The van der Waals surface area contributed by atoms with E-state index in [-0.39, 0.29) is 4.75 Å². The van der Waals surface area contributed by atoms with E-state index in [9.17, 15) is 4.21 Å². The molecule has 0 saturated carbocycles. The molecule has 0 aromatic heterocycles. The molecule has 1 unspecified atom stereocenters. The third-order valence-corrected chi connectivity index (χ3v) is 4.46. The Morgan fingerprint density at radius 1 is 1.36 bits per heavy atom. The molecule has 0 N–H and O–H groups in total. The molecular weight excluding hydrogens is 194 g/mol. The second-order valence-electron chi connectivity index (χ2n) is 5.11. The Morgan fingerprint density at radius 2 is 2.00 bits per heavy atom. The lowest BCUT2D eigenvalue weighted by Crippen LogP contribution is -2.28. The van der Waals surface area contributed by atoms with Crippen LogP contribution in [-0.4, -0.2) is 25.8 Å². The van der Waals surface area contributed by atoms with Crippen molar-refractivity contribution in [1.29, 1.82) is 0 Å². The van der Waals surface area contributed by atoms with Gasteiger partial charge in [0.15, 0.2) is 0 Å². The summed E-state index contributed by atoms with van der Waals surface area (Å²) in [6, 6.07) is 0.613. The molecule has 0 aromatic carbocycles. The van der Waals surface area contributed by atoms with Crippen molar-refractivity contribution in [2.45, 2.75) is 64.2 Å². The first-order valence-electron chi connectivity index (χ1n) is 5.65. The maximum atomic E-state index is 11.9. The van der Waals surface area contributed by atoms with Crippen LogP contribution in [0.15, 0.2) is 0 Å². The maximum absolute atomic E-state index is 11.9. The number of hydrogen-bond acceptors (Lipinski definition) is 1. The van der Waals surface area contributed by atoms with Gasteiger partial charge in [0, 0.05) is 12.6 Å². The van der Waals surface area contributed by atoms with Gasteiger partial charge in [0.05, 0.1) is 4.75 Å². The van der Waals surface area contributed by atoms with Crippen LogP contribution in [0.3, 0.4) is 0 Å². The SMILES string of the molecule is CCCCC[C@@H]1CN1[S@](=O)C(C)(C)C. The van der Waals surface area contributed by atoms with Crippen LogP contribution in [0, 0.1) is 0 Å². The van der Waals surface area contributed by atoms with Gasteiger partial charge in [-0.3, -0.25) is 0 Å². The molecule has 0 amide bonds. The second-order valence-corrected chi connectivity index (χ2v) is 7.30. The molecule has 84 valence electrons. The van der Waals surface area contributed by atoms with E-state index in [1.54, 1.807) is 0 Å². The summed E-state index contributed by atoms with van der Waals surface area (Å²) in [4.78, 5) is 0. The third-order valence-electron chi connectivity index (χ3n) is 2.54. The summed E-state index contributed by atoms with van der Waals surface area (Å²) >= 11 is 0. The average Bonchev–Trinajstić information content (AvgIpc) is 2.81. The quantitative estimate of drug-likeness (QED) is 0.512. The summed E-state index contributed by atoms with van der Waals surface area (Å²) in [6.45, 7) is 9.41. The number of hydrogen-bond donors (Lipinski definition) is 0. The highest BCUT2D eigenvalue weighted by atomic mass is 32.2. The largest absolute Gasteiger partial charge is 0.242 e. The summed E-state index contributed by atoms with van der Waals surface area (Å²) in [7, 11) is -0.780. The van der Waals surface area contributed by atoms with Crippen molar-refractivity contribution in [2.75, 3.05) is 6.54 Å². The van der Waals surface area contributed by atoms with Gasteiger partial charge in [-0.1, -0.05) is 26.2 Å². The molecule has 2 nitrogen and oxygen atoms in total. The van der Waals surface area contributed by atoms with E-state index in [0.29, 0.717) is 6.04 Å². The topological polar surface area (TPSA) is 20.1 Å². The Hall–Kier alpha value is 0.110. The molecule has 0 aliphatic carbocycles. The first-order valence-corrected chi connectivity index (χ1v) is 6.76. The molecule has 14 heavy (non-hydrogen) atoms. The average molecular weight is 217 g/mol. The molecule has 1 fully saturated rings. The van der Waals surface area contributed by atoms with Crippen LogP contribution in [0.4, 0.5) is 0 Å². The summed E-state index contributed by atoms with van der Waals surface area (Å²) in [5.41, 5.74) is 0. The van der Waals surface area contributed by atoms with E-state index in [1.807, 2.05) is 20.8 Å². The molecule has 1 aliphatic heterocycles. The molecular formula is C11H23NOS. The van der Waals surface area contributed by atoms with Crippen molar-refractivity contribution >= 4 is 11.0 Å². The molecule has 1 aliphatic rings. The van der Waals surface area contributed by atoms with Crippen molar-refractivity contribution in [3.63, 3.8) is 0 Å². The standard InChI is InChI=1S/C11H23NOS/c1-5-6-7-8-10-9-12(10)14(13)11(2,3)4/h10H,5-9H2,1-4H3/t10-,12?,14-/m1/s1. The Morgan fingerprint density at radius 3 is 2.50 bits per heavy atom. The van der Waals surface area contributed by atoms with Gasteiger partial charge in [-0.2, -0.15) is 0 Å². The van der Waals surface area contributed by atoms with Gasteiger partial charge in [0.1, 0.15) is 11.0 Å². The zero-order valence-electron chi connectivity index (χ0n) is 9.88. The van der Waals surface area contributed by atoms with Gasteiger partial charge in [0.25, 0.3) is 0 Å². The third kappa shape index (κ3) is 3.35. The van der Waals surface area contributed by atoms with Gasteiger partial charge >= 0.3 is 0 Å². The van der Waals surface area contributed by atoms with Gasteiger partial charge in [-0.25, -0.2) is 8.51 Å². The van der Waals surface area contributed by atoms with Crippen molar-refractivity contribution in [2.24, 2.45) is 0 Å². The molecule has 0 spiro atoms. The monoisotopic (exact) mass is 217 g/mol. The van der Waals surface area contributed by atoms with Crippen molar-refractivity contribution in [1.82, 2.24) is 4.31 Å². The van der Waals surface area contributed by atoms with Crippen LogP contribution in [0.25, 0.3) is 0 Å². The number of unbranched alkanes of at least 4 members (excludes halogenated alkanes) is 2. The zero-order valence-corrected chi connectivity index (χ0v) is 10.7. The molecule has 3 atom stereocenters. The summed E-state index contributed by atoms with van der Waals surface area (Å²) in [6.07, 6.45) is 5.11. The first-order chi connectivity index (χ1) is 6.46. The van der Waals surface area contributed by atoms with Crippen molar-refractivity contribution < 1.29 is 4.21 Å². The highest BCUT2D eigenvalue weighted by Gasteiger charge is 2.42. The summed E-state index contributed by atoms with van der Waals surface area (Å²) in [5.74, 6) is 0. The fraction of sp³-hybridized carbons (Fsp3) is 1.00. The molecule has 3 heteroatoms. The first kappa shape index (κ1) is 12.2. The van der Waals surface area contributed by atoms with Gasteiger partial charge in [0.2, 0.25) is 0 Å². The fourth-order valence-corrected chi connectivity index (χ4v) is 2.97. The minimum absolute atomic E-state index is 0.0838. The van der Waals surface area contributed by atoms with Gasteiger partial charge in [-0.05, 0) is 27.2 Å². The lowest BCUT2D eigenvalue weighted by atomic mass is 10.2. The predicted molar refractivity (Wildman–Crippen MR) is 62.5 cm³/mol. The predicted octanol–water partition coefficient (Wildman–Crippen LogP) is 2.71. The summed E-state index contributed by atoms with van der Waals surface area (Å²) in [5, 5.41) is 0. The van der Waals surface area contributed by atoms with Crippen LogP contribution in [0.5, 0.6) is 0 Å². The van der Waals surface area contributed by atoms with Gasteiger partial charge < -0.3 is 0 Å². The minimum Gasteiger partial charge on any atom is -0.242 e. The maximum Gasteiger partial charge on any atom is 0.100 e. The van der Waals surface area contributed by atoms with E-state index in [1.165, 1.54) is 25.7 Å². The van der Waals surface area contributed by atoms with Crippen LogP contribution in [-0.2, 0) is 11.0 Å². The molecule has 0 radical (unpaired) electrons. The normalized spacial score (nSPS) is 28.9. The molecule has 1 heterocycles. The Kier molecular flexibility index (Phi) is 4.14. The Balaban J connectivity index is 2.22. The molecule has 1 rings (SSSR count). The number of rotatable bonds is 5. The van der Waals surface area contributed by atoms with E-state index in [0.717, 1.165) is 6.54 Å². The Bertz CT molecular complexity index is 210. The zero-order chi connectivity index (χ0) is 10.8. The lowest BCUT2D eigenvalue weighted by Gasteiger charge is -2.18. The highest BCUT2D eigenvalue weighted by Crippen LogP contribution is 2.30. The Labute approximate surface area is 90.7 Å². The molecule has 0 bridgehead atoms. The lowest BCUT2D eigenvalue weighted by molar-refractivity contribution is 0.580. The van der Waals surface area contributed by atoms with Crippen LogP contribution in [0.2, 0.25) is 0 Å². The number of nitrogens with zero attached hydrogens (tertiary/aromatic N) is 1. The van der Waals surface area contributed by atoms with Crippen LogP contribution in [0.1, 0.15) is 53.4 Å². The minimum atomic E-state index is -0.780. The van der Waals surface area contributed by atoms with Crippen molar-refractivity contribution in [3.8, 4) is 0 Å². The van der Waals surface area contributed by atoms with Crippen LogP contribution < -0.4 is 0 Å². The van der Waals surface area contributed by atoms with Crippen LogP contribution >= 0.6 is 0 Å². The summed E-state index contributed by atoms with van der Waals surface area (Å²) < 4.78 is 14.0. The van der Waals surface area contributed by atoms with Gasteiger partial charge in [-0.15, -0.1) is 0 Å². The molecule has 1 saturated heterocycles. The second kappa shape index (κ2) is 4.75. The van der Waals surface area contributed by atoms with Crippen molar-refractivity contribution in [3.05, 3.63) is 0 Å². The van der Waals surface area contributed by atoms with E-state index in [2.05, 4.69) is 11.2 Å². The van der Waals surface area contributed by atoms with E-state index in [4.69, 9.17) is 0 Å². The highest BCUT2D eigenvalue weighted by molar-refractivity contribution is 7.84. The molecule has 0 aromatic rings.